The summed E-state index contributed by atoms with van der Waals surface area (Å²) < 4.78 is 69.9. The van der Waals surface area contributed by atoms with E-state index in [0.29, 0.717) is 0 Å². The van der Waals surface area contributed by atoms with Crippen molar-refractivity contribution in [2.45, 2.75) is 6.18 Å². The van der Waals surface area contributed by atoms with Gasteiger partial charge < -0.3 is 33.7 Å². The van der Waals surface area contributed by atoms with Crippen molar-refractivity contribution in [2.24, 2.45) is 0 Å². The quantitative estimate of drug-likeness (QED) is 0.379. The maximum absolute atomic E-state index is 13.1. The number of alkyl halides is 3. The summed E-state index contributed by atoms with van der Waals surface area (Å²) in [5.41, 5.74) is -1.22. The number of carbonyl (C=O) groups excluding carboxylic acids is 2. The maximum atomic E-state index is 13.1. The SMILES string of the molecule is COCCOc1ccc(C(F)(F)F)cc1NC(=O)COC(=O)c1cc(OC)c(OC)c(OC)c1. The van der Waals surface area contributed by atoms with Crippen LogP contribution in [-0.4, -0.2) is 60.1 Å². The molecule has 0 aliphatic rings. The zero-order valence-electron chi connectivity index (χ0n) is 18.9. The molecule has 2 rings (SSSR count). The van der Waals surface area contributed by atoms with Crippen LogP contribution in [0.4, 0.5) is 18.9 Å². The van der Waals surface area contributed by atoms with E-state index in [9.17, 15) is 22.8 Å². The summed E-state index contributed by atoms with van der Waals surface area (Å²) in [4.78, 5) is 24.7. The third-order valence-corrected chi connectivity index (χ3v) is 4.36. The third kappa shape index (κ3) is 6.91. The number of benzene rings is 2. The molecule has 0 unspecified atom stereocenters. The minimum absolute atomic E-state index is 0.00459. The largest absolute Gasteiger partial charge is 0.493 e. The van der Waals surface area contributed by atoms with Gasteiger partial charge in [0.05, 0.1) is 44.8 Å². The molecule has 34 heavy (non-hydrogen) atoms. The second-order valence-electron chi connectivity index (χ2n) is 6.59. The fourth-order valence-electron chi connectivity index (χ4n) is 2.76. The molecule has 0 bridgehead atoms. The predicted molar refractivity (Wildman–Crippen MR) is 114 cm³/mol. The van der Waals surface area contributed by atoms with Crippen molar-refractivity contribution in [3.8, 4) is 23.0 Å². The Bertz CT molecular complexity index is 985. The van der Waals surface area contributed by atoms with E-state index in [1.807, 2.05) is 0 Å². The van der Waals surface area contributed by atoms with Crippen LogP contribution in [0.2, 0.25) is 0 Å². The summed E-state index contributed by atoms with van der Waals surface area (Å²) >= 11 is 0. The van der Waals surface area contributed by atoms with Crippen LogP contribution in [0.3, 0.4) is 0 Å². The van der Waals surface area contributed by atoms with Crippen molar-refractivity contribution in [3.63, 3.8) is 0 Å². The Hall–Kier alpha value is -3.67. The topological polar surface area (TPSA) is 102 Å². The van der Waals surface area contributed by atoms with Gasteiger partial charge in [-0.25, -0.2) is 4.79 Å². The van der Waals surface area contributed by atoms with Crippen LogP contribution in [0.15, 0.2) is 30.3 Å². The molecule has 0 saturated heterocycles. The van der Waals surface area contributed by atoms with Crippen molar-refractivity contribution in [2.75, 3.05) is 53.6 Å². The van der Waals surface area contributed by atoms with Crippen molar-refractivity contribution in [3.05, 3.63) is 41.5 Å². The molecular weight excluding hydrogens is 463 g/mol. The van der Waals surface area contributed by atoms with E-state index >= 15 is 0 Å². The van der Waals surface area contributed by atoms with Crippen LogP contribution < -0.4 is 24.3 Å². The molecule has 0 aromatic heterocycles. The highest BCUT2D eigenvalue weighted by Crippen LogP contribution is 2.38. The van der Waals surface area contributed by atoms with E-state index in [2.05, 4.69) is 5.32 Å². The molecule has 12 heteroatoms. The van der Waals surface area contributed by atoms with Gasteiger partial charge in [0.15, 0.2) is 18.1 Å². The Morgan fingerprint density at radius 3 is 2.06 bits per heavy atom. The highest BCUT2D eigenvalue weighted by molar-refractivity contribution is 5.97. The molecule has 0 atom stereocenters. The predicted octanol–water partition coefficient (Wildman–Crippen LogP) is 3.55. The van der Waals surface area contributed by atoms with Gasteiger partial charge in [0.25, 0.3) is 5.91 Å². The van der Waals surface area contributed by atoms with Gasteiger partial charge in [-0.1, -0.05) is 0 Å². The third-order valence-electron chi connectivity index (χ3n) is 4.36. The Balaban J connectivity index is 2.14. The van der Waals surface area contributed by atoms with E-state index < -0.39 is 30.2 Å². The number of rotatable bonds is 11. The zero-order valence-corrected chi connectivity index (χ0v) is 18.9. The van der Waals surface area contributed by atoms with Gasteiger partial charge in [0.2, 0.25) is 5.75 Å². The fourth-order valence-corrected chi connectivity index (χ4v) is 2.76. The molecule has 1 N–H and O–H groups in total. The zero-order chi connectivity index (χ0) is 25.3. The van der Waals surface area contributed by atoms with Gasteiger partial charge in [0, 0.05) is 7.11 Å². The first-order valence-corrected chi connectivity index (χ1v) is 9.74. The smallest absolute Gasteiger partial charge is 0.416 e. The van der Waals surface area contributed by atoms with E-state index in [1.54, 1.807) is 0 Å². The van der Waals surface area contributed by atoms with Gasteiger partial charge in [-0.2, -0.15) is 13.2 Å². The molecule has 2 aromatic rings. The Morgan fingerprint density at radius 1 is 0.882 bits per heavy atom. The summed E-state index contributed by atoms with van der Waals surface area (Å²) in [5, 5.41) is 2.27. The van der Waals surface area contributed by atoms with E-state index in [4.69, 9.17) is 28.4 Å². The number of ether oxygens (including phenoxy) is 6. The molecule has 9 nitrogen and oxygen atoms in total. The molecule has 0 aliphatic carbocycles. The number of amides is 1. The number of hydrogen-bond donors (Lipinski definition) is 1. The molecule has 186 valence electrons. The van der Waals surface area contributed by atoms with Crippen LogP contribution in [-0.2, 0) is 20.4 Å². The number of esters is 1. The first-order chi connectivity index (χ1) is 16.1. The number of hydrogen-bond acceptors (Lipinski definition) is 8. The summed E-state index contributed by atoms with van der Waals surface area (Å²) in [6.07, 6.45) is -4.64. The molecule has 1 amide bonds. The number of nitrogens with one attached hydrogen (secondary N) is 1. The van der Waals surface area contributed by atoms with E-state index in [-0.39, 0.29) is 47.5 Å². The Kier molecular flexibility index (Phi) is 9.36. The monoisotopic (exact) mass is 487 g/mol. The van der Waals surface area contributed by atoms with Crippen molar-refractivity contribution in [1.29, 1.82) is 0 Å². The van der Waals surface area contributed by atoms with Crippen molar-refractivity contribution >= 4 is 17.6 Å². The summed E-state index contributed by atoms with van der Waals surface area (Å²) in [7, 11) is 5.55. The molecule has 0 saturated carbocycles. The minimum Gasteiger partial charge on any atom is -0.493 e. The Morgan fingerprint density at radius 2 is 1.53 bits per heavy atom. The van der Waals surface area contributed by atoms with Gasteiger partial charge in [-0.15, -0.1) is 0 Å². The van der Waals surface area contributed by atoms with Gasteiger partial charge in [0.1, 0.15) is 12.4 Å². The average molecular weight is 487 g/mol. The molecule has 0 heterocycles. The van der Waals surface area contributed by atoms with Crippen LogP contribution in [0, 0.1) is 0 Å². The van der Waals surface area contributed by atoms with Crippen LogP contribution in [0.1, 0.15) is 15.9 Å². The Labute approximate surface area is 193 Å². The van der Waals surface area contributed by atoms with Gasteiger partial charge >= 0.3 is 12.1 Å². The summed E-state index contributed by atoms with van der Waals surface area (Å²) in [5.74, 6) is -1.13. The lowest BCUT2D eigenvalue weighted by molar-refractivity contribution is -0.137. The molecule has 0 radical (unpaired) electrons. The standard InChI is InChI=1S/C22H24F3NO8/c1-29-7-8-33-16-6-5-14(22(23,24)25)11-15(16)26-19(27)12-34-21(28)13-9-17(30-2)20(32-4)18(10-13)31-3/h5-6,9-11H,7-8,12H2,1-4H3,(H,26,27). The molecular formula is C22H24F3NO8. The molecule has 2 aromatic carbocycles. The number of carbonyl (C=O) groups is 2. The maximum Gasteiger partial charge on any atom is 0.416 e. The molecule has 0 aliphatic heterocycles. The number of anilines is 1. The van der Waals surface area contributed by atoms with Crippen LogP contribution in [0.5, 0.6) is 23.0 Å². The summed E-state index contributed by atoms with van der Waals surface area (Å²) in [6, 6.07) is 5.28. The number of methoxy groups -OCH3 is 4. The van der Waals surface area contributed by atoms with Crippen molar-refractivity contribution in [1.82, 2.24) is 0 Å². The van der Waals surface area contributed by atoms with Gasteiger partial charge in [-0.3, -0.25) is 4.79 Å². The lowest BCUT2D eigenvalue weighted by Gasteiger charge is -2.16. The van der Waals surface area contributed by atoms with Crippen LogP contribution >= 0.6 is 0 Å². The van der Waals surface area contributed by atoms with E-state index in [1.165, 1.54) is 40.6 Å². The second kappa shape index (κ2) is 12.0. The normalized spacial score (nSPS) is 10.9. The lowest BCUT2D eigenvalue weighted by Crippen LogP contribution is -2.22. The van der Waals surface area contributed by atoms with Crippen LogP contribution in [0.25, 0.3) is 0 Å². The molecule has 0 fully saturated rings. The first kappa shape index (κ1) is 26.6. The average Bonchev–Trinajstić information content (AvgIpc) is 2.81. The number of halogens is 3. The highest BCUT2D eigenvalue weighted by atomic mass is 19.4. The van der Waals surface area contributed by atoms with E-state index in [0.717, 1.165) is 18.2 Å². The summed E-state index contributed by atoms with van der Waals surface area (Å²) in [6.45, 7) is -0.551. The highest BCUT2D eigenvalue weighted by Gasteiger charge is 2.31. The van der Waals surface area contributed by atoms with Crippen molar-refractivity contribution < 1.29 is 51.2 Å². The second-order valence-corrected chi connectivity index (χ2v) is 6.59. The minimum atomic E-state index is -4.64. The lowest BCUT2D eigenvalue weighted by atomic mass is 10.1. The molecule has 0 spiro atoms. The van der Waals surface area contributed by atoms with Gasteiger partial charge in [-0.05, 0) is 30.3 Å². The fraction of sp³-hybridized carbons (Fsp3) is 0.364. The first-order valence-electron chi connectivity index (χ1n) is 9.74.